The van der Waals surface area contributed by atoms with Crippen LogP contribution in [0.15, 0.2) is 28.9 Å². The summed E-state index contributed by atoms with van der Waals surface area (Å²) in [6, 6.07) is 4.85. The standard InChI is InChI=1S/C16H16N2O5S/c1-9-7-12(17-15(21)11-3-2-6-23-11)24-14(9)16(22)18(8-13(19)20)10-4-5-10/h2-3,6-7,10H,4-5,8H2,1H3,(H,17,21)(H,19,20). The van der Waals surface area contributed by atoms with Crippen molar-refractivity contribution in [2.75, 3.05) is 11.9 Å². The molecule has 0 aliphatic heterocycles. The first-order valence-electron chi connectivity index (χ1n) is 7.43. The first-order chi connectivity index (χ1) is 11.5. The van der Waals surface area contributed by atoms with Gasteiger partial charge in [0.2, 0.25) is 0 Å². The number of carboxylic acid groups (broad SMARTS) is 1. The second-order valence-corrected chi connectivity index (χ2v) is 6.66. The number of thiophene rings is 1. The highest BCUT2D eigenvalue weighted by Crippen LogP contribution is 2.33. The van der Waals surface area contributed by atoms with E-state index in [-0.39, 0.29) is 24.3 Å². The number of hydrogen-bond donors (Lipinski definition) is 2. The van der Waals surface area contributed by atoms with Crippen molar-refractivity contribution in [3.05, 3.63) is 40.7 Å². The first-order valence-corrected chi connectivity index (χ1v) is 8.25. The molecule has 0 aromatic carbocycles. The van der Waals surface area contributed by atoms with Crippen LogP contribution in [0, 0.1) is 6.92 Å². The summed E-state index contributed by atoms with van der Waals surface area (Å²) in [7, 11) is 0. The molecule has 2 N–H and O–H groups in total. The molecule has 0 radical (unpaired) electrons. The van der Waals surface area contributed by atoms with E-state index < -0.39 is 11.9 Å². The van der Waals surface area contributed by atoms with Crippen LogP contribution in [0.2, 0.25) is 0 Å². The number of carbonyl (C=O) groups excluding carboxylic acids is 2. The lowest BCUT2D eigenvalue weighted by molar-refractivity contribution is -0.137. The predicted octanol–water partition coefficient (Wildman–Crippen LogP) is 2.59. The summed E-state index contributed by atoms with van der Waals surface area (Å²) in [5.41, 5.74) is 0.704. The molecule has 2 aromatic rings. The van der Waals surface area contributed by atoms with Gasteiger partial charge in [0, 0.05) is 6.04 Å². The molecule has 24 heavy (non-hydrogen) atoms. The van der Waals surface area contributed by atoms with Gasteiger partial charge in [-0.1, -0.05) is 0 Å². The van der Waals surface area contributed by atoms with E-state index in [9.17, 15) is 14.4 Å². The molecule has 1 aliphatic rings. The summed E-state index contributed by atoms with van der Waals surface area (Å²) in [6.45, 7) is 1.45. The molecule has 0 spiro atoms. The molecule has 2 amide bonds. The lowest BCUT2D eigenvalue weighted by Gasteiger charge is -2.19. The highest BCUT2D eigenvalue weighted by atomic mass is 32.1. The Labute approximate surface area is 141 Å². The van der Waals surface area contributed by atoms with Crippen LogP contribution in [-0.2, 0) is 4.79 Å². The molecule has 0 saturated heterocycles. The normalized spacial score (nSPS) is 13.5. The monoisotopic (exact) mass is 348 g/mol. The number of aryl methyl sites for hydroxylation is 1. The predicted molar refractivity (Wildman–Crippen MR) is 87.4 cm³/mol. The summed E-state index contributed by atoms with van der Waals surface area (Å²) in [6.07, 6.45) is 3.06. The summed E-state index contributed by atoms with van der Waals surface area (Å²) in [5.74, 6) is -1.55. The Morgan fingerprint density at radius 1 is 1.42 bits per heavy atom. The van der Waals surface area contributed by atoms with Gasteiger partial charge in [-0.2, -0.15) is 0 Å². The summed E-state index contributed by atoms with van der Waals surface area (Å²) < 4.78 is 5.03. The summed E-state index contributed by atoms with van der Waals surface area (Å²) in [5, 5.41) is 12.2. The van der Waals surface area contributed by atoms with Gasteiger partial charge in [-0.05, 0) is 43.5 Å². The minimum absolute atomic E-state index is 0.00346. The molecule has 2 heterocycles. The van der Waals surface area contributed by atoms with Crippen molar-refractivity contribution in [3.8, 4) is 0 Å². The number of nitrogens with zero attached hydrogens (tertiary/aromatic N) is 1. The van der Waals surface area contributed by atoms with E-state index in [1.807, 2.05) is 0 Å². The van der Waals surface area contributed by atoms with Crippen molar-refractivity contribution >= 4 is 34.1 Å². The molecular formula is C16H16N2O5S. The zero-order valence-corrected chi connectivity index (χ0v) is 13.8. The van der Waals surface area contributed by atoms with Gasteiger partial charge in [-0.3, -0.25) is 14.4 Å². The molecular weight excluding hydrogens is 332 g/mol. The maximum atomic E-state index is 12.7. The fraction of sp³-hybridized carbons (Fsp3) is 0.312. The average molecular weight is 348 g/mol. The number of hydrogen-bond acceptors (Lipinski definition) is 5. The van der Waals surface area contributed by atoms with Crippen molar-refractivity contribution in [1.29, 1.82) is 0 Å². The van der Waals surface area contributed by atoms with Crippen LogP contribution in [0.25, 0.3) is 0 Å². The van der Waals surface area contributed by atoms with Gasteiger partial charge in [0.15, 0.2) is 5.76 Å². The summed E-state index contributed by atoms with van der Waals surface area (Å²) in [4.78, 5) is 37.5. The van der Waals surface area contributed by atoms with Crippen molar-refractivity contribution in [3.63, 3.8) is 0 Å². The fourth-order valence-electron chi connectivity index (χ4n) is 2.37. The third-order valence-electron chi connectivity index (χ3n) is 3.65. The zero-order valence-electron chi connectivity index (χ0n) is 12.9. The van der Waals surface area contributed by atoms with Crippen molar-refractivity contribution < 1.29 is 23.9 Å². The van der Waals surface area contributed by atoms with Crippen molar-refractivity contribution in [1.82, 2.24) is 4.90 Å². The SMILES string of the molecule is Cc1cc(NC(=O)c2ccco2)sc1C(=O)N(CC(=O)O)C1CC1. The number of nitrogens with one attached hydrogen (secondary N) is 1. The van der Waals surface area contributed by atoms with Gasteiger partial charge < -0.3 is 19.7 Å². The molecule has 1 saturated carbocycles. The average Bonchev–Trinajstić information content (AvgIpc) is 3.07. The van der Waals surface area contributed by atoms with E-state index in [0.29, 0.717) is 15.4 Å². The van der Waals surface area contributed by atoms with Gasteiger partial charge in [-0.25, -0.2) is 0 Å². The minimum Gasteiger partial charge on any atom is -0.480 e. The minimum atomic E-state index is -1.03. The quantitative estimate of drug-likeness (QED) is 0.836. The van der Waals surface area contributed by atoms with E-state index >= 15 is 0 Å². The van der Waals surface area contributed by atoms with Crippen LogP contribution >= 0.6 is 11.3 Å². The molecule has 0 atom stereocenters. The Balaban J connectivity index is 1.76. The zero-order chi connectivity index (χ0) is 17.3. The van der Waals surface area contributed by atoms with E-state index in [1.165, 1.54) is 11.2 Å². The number of anilines is 1. The smallest absolute Gasteiger partial charge is 0.323 e. The van der Waals surface area contributed by atoms with Gasteiger partial charge in [0.25, 0.3) is 11.8 Å². The van der Waals surface area contributed by atoms with E-state index in [4.69, 9.17) is 9.52 Å². The Hall–Kier alpha value is -2.61. The number of rotatable bonds is 6. The van der Waals surface area contributed by atoms with Crippen LogP contribution in [0.3, 0.4) is 0 Å². The van der Waals surface area contributed by atoms with Crippen LogP contribution in [0.5, 0.6) is 0 Å². The van der Waals surface area contributed by atoms with E-state index in [0.717, 1.165) is 24.2 Å². The molecule has 126 valence electrons. The number of furan rings is 1. The molecule has 1 fully saturated rings. The molecule has 7 nitrogen and oxygen atoms in total. The fourth-order valence-corrected chi connectivity index (χ4v) is 3.39. The lowest BCUT2D eigenvalue weighted by Crippen LogP contribution is -2.37. The highest BCUT2D eigenvalue weighted by Gasteiger charge is 2.35. The van der Waals surface area contributed by atoms with Crippen LogP contribution in [0.1, 0.15) is 38.6 Å². The van der Waals surface area contributed by atoms with Gasteiger partial charge in [0.1, 0.15) is 6.54 Å². The van der Waals surface area contributed by atoms with Crippen LogP contribution < -0.4 is 5.32 Å². The number of carbonyl (C=O) groups is 3. The molecule has 8 heteroatoms. The van der Waals surface area contributed by atoms with Crippen molar-refractivity contribution in [2.24, 2.45) is 0 Å². The first kappa shape index (κ1) is 16.3. The molecule has 1 aliphatic carbocycles. The molecule has 0 bridgehead atoms. The van der Waals surface area contributed by atoms with Gasteiger partial charge >= 0.3 is 5.97 Å². The Bertz CT molecular complexity index is 776. The topological polar surface area (TPSA) is 99.9 Å². The van der Waals surface area contributed by atoms with Crippen molar-refractivity contribution in [2.45, 2.75) is 25.8 Å². The lowest BCUT2D eigenvalue weighted by atomic mass is 10.2. The molecule has 0 unspecified atom stereocenters. The highest BCUT2D eigenvalue weighted by molar-refractivity contribution is 7.18. The Morgan fingerprint density at radius 2 is 2.17 bits per heavy atom. The summed E-state index contributed by atoms with van der Waals surface area (Å²) >= 11 is 1.14. The maximum Gasteiger partial charge on any atom is 0.323 e. The van der Waals surface area contributed by atoms with E-state index in [1.54, 1.807) is 25.1 Å². The van der Waals surface area contributed by atoms with Gasteiger partial charge in [-0.15, -0.1) is 11.3 Å². The second-order valence-electron chi connectivity index (χ2n) is 5.61. The second kappa shape index (κ2) is 6.48. The molecule has 3 rings (SSSR count). The Kier molecular flexibility index (Phi) is 4.39. The molecule has 2 aromatic heterocycles. The number of aliphatic carboxylic acids is 1. The third kappa shape index (κ3) is 3.48. The van der Waals surface area contributed by atoms with Crippen LogP contribution in [0.4, 0.5) is 5.00 Å². The number of amides is 2. The Morgan fingerprint density at radius 3 is 2.75 bits per heavy atom. The maximum absolute atomic E-state index is 12.7. The number of carboxylic acids is 1. The van der Waals surface area contributed by atoms with Crippen LogP contribution in [-0.4, -0.2) is 40.4 Å². The van der Waals surface area contributed by atoms with E-state index in [2.05, 4.69) is 5.32 Å². The van der Waals surface area contributed by atoms with Gasteiger partial charge in [0.05, 0.1) is 16.1 Å². The third-order valence-corrected chi connectivity index (χ3v) is 4.79. The largest absolute Gasteiger partial charge is 0.480 e.